The van der Waals surface area contributed by atoms with Crippen LogP contribution in [0.4, 0.5) is 4.79 Å². The van der Waals surface area contributed by atoms with Gasteiger partial charge in [0.25, 0.3) is 5.91 Å². The van der Waals surface area contributed by atoms with Gasteiger partial charge in [-0.3, -0.25) is 14.4 Å². The maximum absolute atomic E-state index is 13.7. The van der Waals surface area contributed by atoms with Crippen molar-refractivity contribution in [2.75, 3.05) is 6.54 Å². The molecule has 0 bridgehead atoms. The van der Waals surface area contributed by atoms with Gasteiger partial charge in [-0.25, -0.2) is 9.52 Å². The maximum atomic E-state index is 13.7. The highest BCUT2D eigenvalue weighted by atomic mass is 32.2. The molecule has 13 heteroatoms. The van der Waals surface area contributed by atoms with Crippen LogP contribution in [0, 0.1) is 5.92 Å². The van der Waals surface area contributed by atoms with E-state index in [1.165, 1.54) is 9.21 Å². The molecule has 3 aliphatic heterocycles. The maximum Gasteiger partial charge on any atom is 0.408 e. The van der Waals surface area contributed by atoms with Gasteiger partial charge in [0.15, 0.2) is 0 Å². The summed E-state index contributed by atoms with van der Waals surface area (Å²) in [6.07, 6.45) is 10.3. The third-order valence-corrected chi connectivity index (χ3v) is 10.7. The number of amides is 4. The van der Waals surface area contributed by atoms with Crippen LogP contribution in [0.15, 0.2) is 12.2 Å². The lowest BCUT2D eigenvalue weighted by Gasteiger charge is -2.37. The minimum absolute atomic E-state index is 0.246. The van der Waals surface area contributed by atoms with Crippen molar-refractivity contribution < 1.29 is 32.3 Å². The second kappa shape index (κ2) is 13.1. The molecule has 4 aliphatic rings. The molecule has 1 aliphatic carbocycles. The smallest absolute Gasteiger partial charge is 0.408 e. The molecule has 2 unspecified atom stereocenters. The van der Waals surface area contributed by atoms with Gasteiger partial charge in [-0.1, -0.05) is 31.4 Å². The number of piperidine rings is 1. The zero-order chi connectivity index (χ0) is 31.6. The van der Waals surface area contributed by atoms with Crippen LogP contribution < -0.4 is 15.4 Å². The quantitative estimate of drug-likeness (QED) is 0.407. The van der Waals surface area contributed by atoms with Crippen molar-refractivity contribution in [1.29, 1.82) is 0 Å². The lowest BCUT2D eigenvalue weighted by Crippen LogP contribution is -2.60. The van der Waals surface area contributed by atoms with Crippen LogP contribution in [-0.2, 0) is 29.3 Å². The summed E-state index contributed by atoms with van der Waals surface area (Å²) in [5.74, 6) is -1.98. The van der Waals surface area contributed by atoms with Crippen molar-refractivity contribution >= 4 is 34.0 Å². The van der Waals surface area contributed by atoms with Crippen molar-refractivity contribution in [3.63, 3.8) is 0 Å². The summed E-state index contributed by atoms with van der Waals surface area (Å²) in [7, 11) is -4.14. The third-order valence-electron chi connectivity index (χ3n) is 8.94. The molecule has 0 aromatic heterocycles. The molecule has 3 heterocycles. The molecule has 4 amide bonds. The molecule has 43 heavy (non-hydrogen) atoms. The van der Waals surface area contributed by atoms with Crippen molar-refractivity contribution in [2.45, 2.75) is 141 Å². The first-order chi connectivity index (χ1) is 20.1. The Morgan fingerprint density at radius 3 is 2.37 bits per heavy atom. The van der Waals surface area contributed by atoms with E-state index in [1.54, 1.807) is 20.8 Å². The van der Waals surface area contributed by atoms with Gasteiger partial charge in [-0.05, 0) is 86.0 Å². The average molecular weight is 624 g/mol. The molecule has 0 aromatic rings. The van der Waals surface area contributed by atoms with Crippen LogP contribution in [0.2, 0.25) is 0 Å². The fourth-order valence-electron chi connectivity index (χ4n) is 6.68. The normalized spacial score (nSPS) is 33.6. The number of alkyl carbamates (subject to hydrolysis) is 1. The fourth-order valence-corrected chi connectivity index (χ4v) is 8.36. The van der Waals surface area contributed by atoms with Gasteiger partial charge in [0.2, 0.25) is 11.8 Å². The first-order valence-electron chi connectivity index (χ1n) is 15.8. The number of fused-ring (bicyclic) bond motifs is 2. The van der Waals surface area contributed by atoms with E-state index in [4.69, 9.17) is 4.74 Å². The zero-order valence-electron chi connectivity index (χ0n) is 26.2. The zero-order valence-corrected chi connectivity index (χ0v) is 27.0. The van der Waals surface area contributed by atoms with E-state index in [1.807, 2.05) is 26.0 Å². The molecular weight excluding hydrogens is 574 g/mol. The summed E-state index contributed by atoms with van der Waals surface area (Å²) in [6, 6.07) is -2.18. The van der Waals surface area contributed by atoms with E-state index < -0.39 is 51.3 Å². The minimum Gasteiger partial charge on any atom is -0.444 e. The van der Waals surface area contributed by atoms with Crippen molar-refractivity contribution in [3.8, 4) is 0 Å². The van der Waals surface area contributed by atoms with E-state index in [2.05, 4.69) is 15.4 Å². The van der Waals surface area contributed by atoms with Gasteiger partial charge < -0.3 is 20.3 Å². The first kappa shape index (κ1) is 33.2. The van der Waals surface area contributed by atoms with Gasteiger partial charge in [-0.2, -0.15) is 12.7 Å². The number of allylic oxidation sites excluding steroid dienone is 1. The molecule has 0 spiro atoms. The van der Waals surface area contributed by atoms with E-state index in [0.717, 1.165) is 25.7 Å². The van der Waals surface area contributed by atoms with Crippen molar-refractivity contribution in [3.05, 3.63) is 12.2 Å². The SMILES string of the molecule is CC1CCCC(C)N1S(=O)(=O)NC(=O)[C@@]12C[C@H]1/C=C\CCCCC[C@H](NC(=O)OC(C)(C)C)C(=O)N1CCC[C@H]1C(=O)N2. The second-order valence-electron chi connectivity index (χ2n) is 13.6. The largest absolute Gasteiger partial charge is 0.444 e. The van der Waals surface area contributed by atoms with Crippen LogP contribution in [0.3, 0.4) is 0 Å². The highest BCUT2D eigenvalue weighted by molar-refractivity contribution is 7.87. The number of hydrogen-bond acceptors (Lipinski definition) is 7. The molecule has 3 fully saturated rings. The highest BCUT2D eigenvalue weighted by Gasteiger charge is 2.61. The van der Waals surface area contributed by atoms with Crippen LogP contribution >= 0.6 is 0 Å². The Balaban J connectivity index is 1.55. The Kier molecular flexibility index (Phi) is 10.1. The molecule has 4 rings (SSSR count). The molecule has 1 saturated carbocycles. The molecular formula is C30H49N5O7S. The molecule has 12 nitrogen and oxygen atoms in total. The predicted octanol–water partition coefficient (Wildman–Crippen LogP) is 2.89. The Hall–Kier alpha value is -2.67. The molecule has 242 valence electrons. The third kappa shape index (κ3) is 7.89. The second-order valence-corrected chi connectivity index (χ2v) is 15.2. The van der Waals surface area contributed by atoms with Crippen LogP contribution in [-0.4, -0.2) is 83.3 Å². The van der Waals surface area contributed by atoms with Gasteiger partial charge in [-0.15, -0.1) is 0 Å². The topological polar surface area (TPSA) is 154 Å². The number of hydrogen-bond donors (Lipinski definition) is 3. The molecule has 0 radical (unpaired) electrons. The lowest BCUT2D eigenvalue weighted by molar-refractivity contribution is -0.141. The minimum atomic E-state index is -4.14. The van der Waals surface area contributed by atoms with E-state index in [0.29, 0.717) is 45.1 Å². The Morgan fingerprint density at radius 1 is 1.00 bits per heavy atom. The summed E-state index contributed by atoms with van der Waals surface area (Å²) >= 11 is 0. The monoisotopic (exact) mass is 623 g/mol. The van der Waals surface area contributed by atoms with Gasteiger partial charge in [0.05, 0.1) is 0 Å². The van der Waals surface area contributed by atoms with Gasteiger partial charge >= 0.3 is 16.3 Å². The summed E-state index contributed by atoms with van der Waals surface area (Å²) in [5.41, 5.74) is -2.16. The standard InChI is InChI=1S/C30H49N5O7S/c1-20-13-11-14-21(2)35(20)43(40,41)33-27(38)30-19-22(30)15-9-7-6-8-10-16-23(31-28(39)42-29(3,4)5)26(37)34-18-12-17-24(34)25(36)32-30/h9,15,20-24H,6-8,10-14,16-19H2,1-5H3,(H,31,39)(H,32,36)(H,33,38)/b15-9-/t20?,21?,22-,23+,24+,30-/m1/s1. The van der Waals surface area contributed by atoms with Crippen LogP contribution in [0.5, 0.6) is 0 Å². The number of carbonyl (C=O) groups is 4. The number of nitrogens with zero attached hydrogens (tertiary/aromatic N) is 2. The van der Waals surface area contributed by atoms with E-state index in [9.17, 15) is 27.6 Å². The van der Waals surface area contributed by atoms with E-state index >= 15 is 0 Å². The number of carbonyl (C=O) groups excluding carboxylic acids is 4. The Bertz CT molecular complexity index is 1210. The predicted molar refractivity (Wildman–Crippen MR) is 161 cm³/mol. The summed E-state index contributed by atoms with van der Waals surface area (Å²) < 4.78 is 35.9. The fraction of sp³-hybridized carbons (Fsp3) is 0.800. The first-order valence-corrected chi connectivity index (χ1v) is 17.2. The summed E-state index contributed by atoms with van der Waals surface area (Å²) in [4.78, 5) is 55.3. The highest BCUT2D eigenvalue weighted by Crippen LogP contribution is 2.46. The lowest BCUT2D eigenvalue weighted by atomic mass is 10.0. The van der Waals surface area contributed by atoms with Gasteiger partial charge in [0.1, 0.15) is 23.2 Å². The number of nitrogens with one attached hydrogen (secondary N) is 3. The Labute approximate surface area is 255 Å². The molecule has 3 N–H and O–H groups in total. The van der Waals surface area contributed by atoms with Gasteiger partial charge in [0, 0.05) is 24.5 Å². The van der Waals surface area contributed by atoms with Crippen LogP contribution in [0.1, 0.15) is 105 Å². The summed E-state index contributed by atoms with van der Waals surface area (Å²) in [6.45, 7) is 9.25. The van der Waals surface area contributed by atoms with Crippen LogP contribution in [0.25, 0.3) is 0 Å². The Morgan fingerprint density at radius 2 is 1.70 bits per heavy atom. The summed E-state index contributed by atoms with van der Waals surface area (Å²) in [5, 5.41) is 5.59. The molecule has 6 atom stereocenters. The number of rotatable bonds is 4. The van der Waals surface area contributed by atoms with Crippen molar-refractivity contribution in [2.24, 2.45) is 5.92 Å². The average Bonchev–Trinajstić information content (AvgIpc) is 3.35. The molecule has 0 aromatic carbocycles. The number of ether oxygens (including phenoxy) is 1. The van der Waals surface area contributed by atoms with Crippen molar-refractivity contribution in [1.82, 2.24) is 24.6 Å². The molecule has 2 saturated heterocycles. The van der Waals surface area contributed by atoms with E-state index in [-0.39, 0.29) is 30.3 Å².